The molecule has 90 valence electrons. The highest BCUT2D eigenvalue weighted by Gasteiger charge is 2.27. The van der Waals surface area contributed by atoms with Crippen LogP contribution in [0.2, 0.25) is 0 Å². The topological polar surface area (TPSA) is 20.3 Å². The maximum Gasteiger partial charge on any atom is 0.210 e. The van der Waals surface area contributed by atoms with Crippen molar-refractivity contribution in [1.82, 2.24) is 4.90 Å². The van der Waals surface area contributed by atoms with Gasteiger partial charge in [0.25, 0.3) is 0 Å². The summed E-state index contributed by atoms with van der Waals surface area (Å²) in [5.41, 5.74) is 0.00838. The molecule has 0 N–H and O–H groups in total. The fourth-order valence-electron chi connectivity index (χ4n) is 2.14. The Morgan fingerprint density at radius 3 is 2.07 bits per heavy atom. The van der Waals surface area contributed by atoms with Gasteiger partial charge >= 0.3 is 0 Å². The number of carbonyl (C=O) groups excluding carboxylic acids is 1. The lowest BCUT2D eigenvalue weighted by molar-refractivity contribution is -0.123. The van der Waals surface area contributed by atoms with Crippen LogP contribution in [-0.2, 0) is 4.79 Å². The first-order valence-electron chi connectivity index (χ1n) is 6.23. The SMILES string of the molecule is CCCN(C=O)C(C)(C)CC(CC)CC. The smallest absolute Gasteiger partial charge is 0.210 e. The highest BCUT2D eigenvalue weighted by molar-refractivity contribution is 5.48. The van der Waals surface area contributed by atoms with Crippen LogP contribution in [0.4, 0.5) is 0 Å². The second-order valence-corrected chi connectivity index (χ2v) is 5.00. The summed E-state index contributed by atoms with van der Waals surface area (Å²) in [5.74, 6) is 0.735. The molecule has 2 heteroatoms. The molecule has 0 saturated heterocycles. The van der Waals surface area contributed by atoms with Gasteiger partial charge in [-0.05, 0) is 32.6 Å². The molecule has 0 radical (unpaired) electrons. The van der Waals surface area contributed by atoms with Gasteiger partial charge in [0.05, 0.1) is 0 Å². The Morgan fingerprint density at radius 2 is 1.73 bits per heavy atom. The van der Waals surface area contributed by atoms with Crippen LogP contribution >= 0.6 is 0 Å². The van der Waals surface area contributed by atoms with E-state index in [1.807, 2.05) is 4.90 Å². The summed E-state index contributed by atoms with van der Waals surface area (Å²) < 4.78 is 0. The molecule has 0 atom stereocenters. The molecule has 0 aliphatic heterocycles. The van der Waals surface area contributed by atoms with Gasteiger partial charge in [-0.3, -0.25) is 4.79 Å². The third-order valence-electron chi connectivity index (χ3n) is 3.31. The second kappa shape index (κ2) is 6.86. The third-order valence-corrected chi connectivity index (χ3v) is 3.31. The summed E-state index contributed by atoms with van der Waals surface area (Å²) in [7, 11) is 0. The van der Waals surface area contributed by atoms with Gasteiger partial charge in [0.15, 0.2) is 0 Å². The van der Waals surface area contributed by atoms with Gasteiger partial charge in [0.1, 0.15) is 0 Å². The van der Waals surface area contributed by atoms with E-state index in [9.17, 15) is 4.79 Å². The van der Waals surface area contributed by atoms with Crippen molar-refractivity contribution in [2.45, 2.75) is 65.8 Å². The number of rotatable bonds is 8. The molecule has 0 aromatic rings. The molecule has 0 aliphatic carbocycles. The maximum absolute atomic E-state index is 11.0. The molecule has 0 heterocycles. The number of hydrogen-bond donors (Lipinski definition) is 0. The maximum atomic E-state index is 11.0. The lowest BCUT2D eigenvalue weighted by atomic mass is 9.86. The van der Waals surface area contributed by atoms with E-state index in [1.165, 1.54) is 12.8 Å². The minimum atomic E-state index is 0.00838. The van der Waals surface area contributed by atoms with E-state index in [1.54, 1.807) is 0 Å². The molecule has 15 heavy (non-hydrogen) atoms. The van der Waals surface area contributed by atoms with Crippen LogP contribution in [-0.4, -0.2) is 23.4 Å². The van der Waals surface area contributed by atoms with Gasteiger partial charge in [0.2, 0.25) is 6.41 Å². The van der Waals surface area contributed by atoms with Crippen LogP contribution in [0.5, 0.6) is 0 Å². The monoisotopic (exact) mass is 213 g/mol. The van der Waals surface area contributed by atoms with E-state index in [2.05, 4.69) is 34.6 Å². The van der Waals surface area contributed by atoms with E-state index in [0.29, 0.717) is 0 Å². The van der Waals surface area contributed by atoms with Crippen LogP contribution in [0.25, 0.3) is 0 Å². The van der Waals surface area contributed by atoms with Gasteiger partial charge in [-0.2, -0.15) is 0 Å². The summed E-state index contributed by atoms with van der Waals surface area (Å²) in [4.78, 5) is 13.0. The molecule has 0 aliphatic rings. The predicted octanol–water partition coefficient (Wildman–Crippen LogP) is 3.46. The first-order valence-corrected chi connectivity index (χ1v) is 6.23. The molecular formula is C13H27NO. The minimum absolute atomic E-state index is 0.00838. The summed E-state index contributed by atoms with van der Waals surface area (Å²) in [5, 5.41) is 0. The largest absolute Gasteiger partial charge is 0.340 e. The van der Waals surface area contributed by atoms with Gasteiger partial charge in [-0.1, -0.05) is 33.6 Å². The normalized spacial score (nSPS) is 11.9. The van der Waals surface area contributed by atoms with E-state index in [0.717, 1.165) is 31.7 Å². The molecule has 2 nitrogen and oxygen atoms in total. The Balaban J connectivity index is 4.40. The van der Waals surface area contributed by atoms with E-state index in [-0.39, 0.29) is 5.54 Å². The molecule has 0 aromatic heterocycles. The molecule has 0 spiro atoms. The lowest BCUT2D eigenvalue weighted by Crippen LogP contribution is -2.44. The zero-order valence-corrected chi connectivity index (χ0v) is 11.0. The standard InChI is InChI=1S/C13H27NO/c1-6-9-14(11-15)13(4,5)10-12(7-2)8-3/h11-12H,6-10H2,1-5H3. The zero-order chi connectivity index (χ0) is 11.9. The van der Waals surface area contributed by atoms with E-state index >= 15 is 0 Å². The van der Waals surface area contributed by atoms with Crippen molar-refractivity contribution in [2.75, 3.05) is 6.54 Å². The van der Waals surface area contributed by atoms with E-state index < -0.39 is 0 Å². The summed E-state index contributed by atoms with van der Waals surface area (Å²) in [6, 6.07) is 0. The first kappa shape index (κ1) is 14.5. The van der Waals surface area contributed by atoms with Crippen LogP contribution in [0.1, 0.15) is 60.3 Å². The van der Waals surface area contributed by atoms with Gasteiger partial charge in [0, 0.05) is 12.1 Å². The van der Waals surface area contributed by atoms with Gasteiger partial charge in [-0.15, -0.1) is 0 Å². The molecule has 0 rings (SSSR count). The fraction of sp³-hybridized carbons (Fsp3) is 0.923. The molecular weight excluding hydrogens is 186 g/mol. The van der Waals surface area contributed by atoms with Crippen molar-refractivity contribution in [3.05, 3.63) is 0 Å². The third kappa shape index (κ3) is 4.67. The molecule has 0 unspecified atom stereocenters. The van der Waals surface area contributed by atoms with Crippen LogP contribution in [0, 0.1) is 5.92 Å². The van der Waals surface area contributed by atoms with Crippen molar-refractivity contribution in [2.24, 2.45) is 5.92 Å². The van der Waals surface area contributed by atoms with Crippen molar-refractivity contribution in [1.29, 1.82) is 0 Å². The summed E-state index contributed by atoms with van der Waals surface area (Å²) in [6.45, 7) is 11.8. The summed E-state index contributed by atoms with van der Waals surface area (Å²) in [6.07, 6.45) is 5.56. The number of carbonyl (C=O) groups is 1. The zero-order valence-electron chi connectivity index (χ0n) is 11.0. The lowest BCUT2D eigenvalue weighted by Gasteiger charge is -2.38. The highest BCUT2D eigenvalue weighted by atomic mass is 16.1. The Kier molecular flexibility index (Phi) is 6.62. The molecule has 0 fully saturated rings. The van der Waals surface area contributed by atoms with E-state index in [4.69, 9.17) is 0 Å². The van der Waals surface area contributed by atoms with Crippen LogP contribution in [0.3, 0.4) is 0 Å². The Morgan fingerprint density at radius 1 is 1.20 bits per heavy atom. The first-order chi connectivity index (χ1) is 7.01. The van der Waals surface area contributed by atoms with Crippen LogP contribution < -0.4 is 0 Å². The Labute approximate surface area is 95.0 Å². The molecule has 1 amide bonds. The van der Waals surface area contributed by atoms with Crippen molar-refractivity contribution < 1.29 is 4.79 Å². The quantitative estimate of drug-likeness (QED) is 0.565. The minimum Gasteiger partial charge on any atom is -0.340 e. The molecule has 0 bridgehead atoms. The summed E-state index contributed by atoms with van der Waals surface area (Å²) >= 11 is 0. The number of amides is 1. The fourth-order valence-corrected chi connectivity index (χ4v) is 2.14. The number of hydrogen-bond acceptors (Lipinski definition) is 1. The molecule has 0 saturated carbocycles. The predicted molar refractivity (Wildman–Crippen MR) is 65.8 cm³/mol. The highest BCUT2D eigenvalue weighted by Crippen LogP contribution is 2.26. The average Bonchev–Trinajstić information content (AvgIpc) is 2.22. The van der Waals surface area contributed by atoms with Gasteiger partial charge in [-0.25, -0.2) is 0 Å². The van der Waals surface area contributed by atoms with Gasteiger partial charge < -0.3 is 4.90 Å². The molecule has 0 aromatic carbocycles. The van der Waals surface area contributed by atoms with Crippen LogP contribution in [0.15, 0.2) is 0 Å². The Bertz CT molecular complexity index is 173. The second-order valence-electron chi connectivity index (χ2n) is 5.00. The Hall–Kier alpha value is -0.530. The average molecular weight is 213 g/mol. The number of nitrogens with zero attached hydrogens (tertiary/aromatic N) is 1. The van der Waals surface area contributed by atoms with Crippen molar-refractivity contribution in [3.63, 3.8) is 0 Å². The van der Waals surface area contributed by atoms with Crippen molar-refractivity contribution in [3.8, 4) is 0 Å². The van der Waals surface area contributed by atoms with Crippen molar-refractivity contribution >= 4 is 6.41 Å².